The van der Waals surface area contributed by atoms with Crippen LogP contribution in [-0.4, -0.2) is 5.16 Å². The molecular weight excluding hydrogens is 363 g/mol. The number of nitrogens with two attached hydrogens (primary N) is 1. The van der Waals surface area contributed by atoms with Crippen LogP contribution in [0.2, 0.25) is 0 Å². The molecule has 0 atom stereocenters. The zero-order chi connectivity index (χ0) is 14.1. The lowest BCUT2D eigenvalue weighted by atomic mass is 9.97. The fourth-order valence-corrected chi connectivity index (χ4v) is 2.79. The van der Waals surface area contributed by atoms with Crippen LogP contribution in [0.1, 0.15) is 5.56 Å². The number of benzene rings is 2. The Kier molecular flexibility index (Phi) is 3.48. The van der Waals surface area contributed by atoms with Crippen molar-refractivity contribution in [2.24, 2.45) is 0 Å². The quantitative estimate of drug-likeness (QED) is 0.670. The zero-order valence-electron chi connectivity index (χ0n) is 10.9. The van der Waals surface area contributed by atoms with Crippen LogP contribution in [0.5, 0.6) is 0 Å². The number of nitrogen functional groups attached to an aromatic ring is 1. The van der Waals surface area contributed by atoms with Gasteiger partial charge in [0, 0.05) is 9.13 Å². The van der Waals surface area contributed by atoms with Gasteiger partial charge < -0.3 is 10.3 Å². The summed E-state index contributed by atoms with van der Waals surface area (Å²) in [6, 6.07) is 16.2. The van der Waals surface area contributed by atoms with E-state index < -0.39 is 0 Å². The van der Waals surface area contributed by atoms with Crippen molar-refractivity contribution in [1.82, 2.24) is 5.16 Å². The van der Waals surface area contributed by atoms with Crippen LogP contribution >= 0.6 is 22.6 Å². The summed E-state index contributed by atoms with van der Waals surface area (Å²) in [5.41, 5.74) is 10.9. The minimum atomic E-state index is 0.355. The Morgan fingerprint density at radius 2 is 1.90 bits per heavy atom. The fourth-order valence-electron chi connectivity index (χ4n) is 2.25. The maximum absolute atomic E-state index is 5.99. The van der Waals surface area contributed by atoms with E-state index in [2.05, 4.69) is 46.8 Å². The van der Waals surface area contributed by atoms with Gasteiger partial charge in [0.15, 0.2) is 0 Å². The second-order valence-corrected chi connectivity index (χ2v) is 5.84. The highest BCUT2D eigenvalue weighted by atomic mass is 127. The van der Waals surface area contributed by atoms with E-state index in [1.54, 1.807) is 0 Å². The van der Waals surface area contributed by atoms with E-state index >= 15 is 0 Å². The first-order valence-corrected chi connectivity index (χ1v) is 7.32. The summed E-state index contributed by atoms with van der Waals surface area (Å²) in [6.07, 6.45) is 0. The highest BCUT2D eigenvalue weighted by Crippen LogP contribution is 2.37. The number of hydrogen-bond donors (Lipinski definition) is 1. The molecule has 100 valence electrons. The predicted octanol–water partition coefficient (Wildman–Crippen LogP) is 4.50. The van der Waals surface area contributed by atoms with Gasteiger partial charge in [-0.2, -0.15) is 0 Å². The van der Waals surface area contributed by atoms with Crippen molar-refractivity contribution >= 4 is 28.5 Å². The van der Waals surface area contributed by atoms with Crippen molar-refractivity contribution in [1.29, 1.82) is 0 Å². The minimum absolute atomic E-state index is 0.355. The molecule has 4 heteroatoms. The van der Waals surface area contributed by atoms with Gasteiger partial charge in [-0.1, -0.05) is 41.6 Å². The van der Waals surface area contributed by atoms with Crippen molar-refractivity contribution in [3.8, 4) is 22.4 Å². The molecule has 2 N–H and O–H groups in total. The SMILES string of the molecule is Cc1ccccc1-c1c(-c2cccc(I)c2)noc1N. The Labute approximate surface area is 130 Å². The molecule has 0 unspecified atom stereocenters. The maximum Gasteiger partial charge on any atom is 0.230 e. The van der Waals surface area contributed by atoms with E-state index in [0.29, 0.717) is 5.88 Å². The predicted molar refractivity (Wildman–Crippen MR) is 89.2 cm³/mol. The van der Waals surface area contributed by atoms with Crippen LogP contribution in [0.25, 0.3) is 22.4 Å². The number of rotatable bonds is 2. The molecule has 20 heavy (non-hydrogen) atoms. The van der Waals surface area contributed by atoms with Gasteiger partial charge >= 0.3 is 0 Å². The van der Waals surface area contributed by atoms with Gasteiger partial charge in [0.25, 0.3) is 0 Å². The Hall–Kier alpha value is -1.82. The molecule has 0 saturated heterocycles. The average molecular weight is 376 g/mol. The number of anilines is 1. The zero-order valence-corrected chi connectivity index (χ0v) is 13.1. The second kappa shape index (κ2) is 5.28. The van der Waals surface area contributed by atoms with E-state index in [4.69, 9.17) is 10.3 Å². The summed E-state index contributed by atoms with van der Waals surface area (Å²) in [6.45, 7) is 2.06. The smallest absolute Gasteiger partial charge is 0.230 e. The van der Waals surface area contributed by atoms with Crippen LogP contribution in [0.15, 0.2) is 53.1 Å². The topological polar surface area (TPSA) is 52.0 Å². The highest BCUT2D eigenvalue weighted by molar-refractivity contribution is 14.1. The van der Waals surface area contributed by atoms with Crippen LogP contribution < -0.4 is 5.73 Å². The van der Waals surface area contributed by atoms with Crippen molar-refractivity contribution < 1.29 is 4.52 Å². The second-order valence-electron chi connectivity index (χ2n) is 4.60. The van der Waals surface area contributed by atoms with E-state index in [-0.39, 0.29) is 0 Å². The molecule has 0 aliphatic heterocycles. The van der Waals surface area contributed by atoms with Crippen LogP contribution in [0.3, 0.4) is 0 Å². The summed E-state index contributed by atoms with van der Waals surface area (Å²) < 4.78 is 6.38. The lowest BCUT2D eigenvalue weighted by Crippen LogP contribution is -1.90. The standard InChI is InChI=1S/C16H13IN2O/c1-10-5-2-3-8-13(10)14-15(19-20-16(14)18)11-6-4-7-12(17)9-11/h2-9H,18H2,1H3. The van der Waals surface area contributed by atoms with E-state index in [1.165, 1.54) is 0 Å². The summed E-state index contributed by atoms with van der Waals surface area (Å²) in [7, 11) is 0. The average Bonchev–Trinajstić information content (AvgIpc) is 2.81. The Balaban J connectivity index is 2.23. The third-order valence-electron chi connectivity index (χ3n) is 3.23. The number of aromatic nitrogens is 1. The molecule has 0 saturated carbocycles. The first-order valence-electron chi connectivity index (χ1n) is 6.24. The molecule has 0 aliphatic carbocycles. The summed E-state index contributed by atoms with van der Waals surface area (Å²) in [5.74, 6) is 0.355. The monoisotopic (exact) mass is 376 g/mol. The molecule has 1 aromatic heterocycles. The fraction of sp³-hybridized carbons (Fsp3) is 0.0625. The molecule has 2 aromatic carbocycles. The summed E-state index contributed by atoms with van der Waals surface area (Å²) in [5, 5.41) is 4.14. The Morgan fingerprint density at radius 3 is 2.65 bits per heavy atom. The first-order chi connectivity index (χ1) is 9.66. The molecule has 0 spiro atoms. The lowest BCUT2D eigenvalue weighted by Gasteiger charge is -2.06. The van der Waals surface area contributed by atoms with E-state index in [1.807, 2.05) is 36.4 Å². The van der Waals surface area contributed by atoms with Gasteiger partial charge in [0.05, 0.1) is 5.56 Å². The van der Waals surface area contributed by atoms with Gasteiger partial charge in [0.1, 0.15) is 5.69 Å². The third-order valence-corrected chi connectivity index (χ3v) is 3.90. The minimum Gasteiger partial charge on any atom is -0.367 e. The molecule has 3 nitrogen and oxygen atoms in total. The van der Waals surface area contributed by atoms with Gasteiger partial charge in [-0.05, 0) is 52.8 Å². The molecule has 0 bridgehead atoms. The number of halogens is 1. The molecule has 3 aromatic rings. The van der Waals surface area contributed by atoms with Gasteiger partial charge in [-0.25, -0.2) is 0 Å². The molecule has 1 heterocycles. The molecule has 0 amide bonds. The largest absolute Gasteiger partial charge is 0.367 e. The van der Waals surface area contributed by atoms with Gasteiger partial charge in [0.2, 0.25) is 5.88 Å². The Morgan fingerprint density at radius 1 is 1.10 bits per heavy atom. The van der Waals surface area contributed by atoms with Crippen LogP contribution in [0, 0.1) is 10.5 Å². The maximum atomic E-state index is 5.99. The normalized spacial score (nSPS) is 10.7. The first kappa shape index (κ1) is 13.2. The van der Waals surface area contributed by atoms with Crippen molar-refractivity contribution in [3.05, 3.63) is 57.7 Å². The Bertz CT molecular complexity index is 765. The summed E-state index contributed by atoms with van der Waals surface area (Å²) in [4.78, 5) is 0. The summed E-state index contributed by atoms with van der Waals surface area (Å²) >= 11 is 2.28. The van der Waals surface area contributed by atoms with Crippen LogP contribution in [-0.2, 0) is 0 Å². The van der Waals surface area contributed by atoms with E-state index in [9.17, 15) is 0 Å². The number of hydrogen-bond acceptors (Lipinski definition) is 3. The van der Waals surface area contributed by atoms with Gasteiger partial charge in [-0.15, -0.1) is 0 Å². The van der Waals surface area contributed by atoms with Crippen molar-refractivity contribution in [2.75, 3.05) is 5.73 Å². The van der Waals surface area contributed by atoms with E-state index in [0.717, 1.165) is 31.5 Å². The third kappa shape index (κ3) is 2.31. The number of nitrogens with zero attached hydrogens (tertiary/aromatic N) is 1. The number of aryl methyl sites for hydroxylation is 1. The molecule has 0 radical (unpaired) electrons. The molecule has 3 rings (SSSR count). The molecular formula is C16H13IN2O. The molecule has 0 aliphatic rings. The van der Waals surface area contributed by atoms with Crippen LogP contribution in [0.4, 0.5) is 5.88 Å². The highest BCUT2D eigenvalue weighted by Gasteiger charge is 2.18. The van der Waals surface area contributed by atoms with Crippen molar-refractivity contribution in [3.63, 3.8) is 0 Å². The molecule has 0 fully saturated rings. The van der Waals surface area contributed by atoms with Crippen molar-refractivity contribution in [2.45, 2.75) is 6.92 Å². The van der Waals surface area contributed by atoms with Gasteiger partial charge in [-0.3, -0.25) is 0 Å². The lowest BCUT2D eigenvalue weighted by molar-refractivity contribution is 0.439.